The first-order valence-corrected chi connectivity index (χ1v) is 20.2. The van der Waals surface area contributed by atoms with E-state index in [9.17, 15) is 13.8 Å². The molecule has 0 saturated heterocycles. The number of hydrogen-bond donors (Lipinski definition) is 1. The molecular weight excluding hydrogens is 714 g/mol. The number of fused-ring (bicyclic) bond motifs is 3. The van der Waals surface area contributed by atoms with E-state index < -0.39 is 21.7 Å². The van der Waals surface area contributed by atoms with Gasteiger partial charge < -0.3 is 19.1 Å². The van der Waals surface area contributed by atoms with Crippen LogP contribution in [0, 0.1) is 17.8 Å². The van der Waals surface area contributed by atoms with Crippen LogP contribution in [0.4, 0.5) is 5.69 Å². The van der Waals surface area contributed by atoms with Gasteiger partial charge in [-0.1, -0.05) is 36.7 Å². The zero-order chi connectivity index (χ0) is 37.9. The van der Waals surface area contributed by atoms with Crippen molar-refractivity contribution in [3.05, 3.63) is 95.2 Å². The van der Waals surface area contributed by atoms with Crippen LogP contribution in [-0.2, 0) is 33.5 Å². The zero-order valence-corrected chi connectivity index (χ0v) is 32.6. The van der Waals surface area contributed by atoms with Crippen LogP contribution < -0.4 is 19.1 Å². The number of halogens is 1. The third kappa shape index (κ3) is 8.19. The Morgan fingerprint density at radius 2 is 2.04 bits per heavy atom. The Morgan fingerprint density at radius 1 is 1.23 bits per heavy atom. The quantitative estimate of drug-likeness (QED) is 0.186. The lowest BCUT2D eigenvalue weighted by atomic mass is 9.68. The van der Waals surface area contributed by atoms with Crippen molar-refractivity contribution < 1.29 is 28.0 Å². The second-order valence-corrected chi connectivity index (χ2v) is 17.2. The van der Waals surface area contributed by atoms with Gasteiger partial charge >= 0.3 is 0 Å². The number of rotatable bonds is 13. The Bertz CT molecular complexity index is 2010. The smallest absolute Gasteiger partial charge is 0.286 e. The van der Waals surface area contributed by atoms with Crippen molar-refractivity contribution in [1.29, 1.82) is 0 Å². The van der Waals surface area contributed by atoms with E-state index in [0.717, 1.165) is 49.4 Å². The number of amides is 2. The van der Waals surface area contributed by atoms with E-state index in [1.54, 1.807) is 38.4 Å². The molecule has 0 bridgehead atoms. The molecular formula is C40H50ClN5O6S. The first-order chi connectivity index (χ1) is 25.4. The fourth-order valence-corrected chi connectivity index (χ4v) is 10.3. The zero-order valence-electron chi connectivity index (χ0n) is 31.0. The summed E-state index contributed by atoms with van der Waals surface area (Å²) in [5, 5.41) is 4.86. The molecule has 1 fully saturated rings. The molecule has 13 heteroatoms. The predicted molar refractivity (Wildman–Crippen MR) is 208 cm³/mol. The summed E-state index contributed by atoms with van der Waals surface area (Å²) in [6, 6.07) is 11.4. The molecule has 2 heterocycles. The number of nitrogens with one attached hydrogen (secondary N) is 1. The number of anilines is 1. The minimum absolute atomic E-state index is 0.0480. The first kappa shape index (κ1) is 38.6. The SMILES string of the molecule is C=CC[C@H](C)CS(=O)(=NC(=O)c1ccc2c(c1)N(C[C@@H]1CC[C@H]1[C@H](C=C)OC)C[C@@]1(CCCc3cc(Cl)ccc31)CO2)NC(=O)c1cn(C)nc1OC. The summed E-state index contributed by atoms with van der Waals surface area (Å²) in [7, 11) is 1.16. The lowest BCUT2D eigenvalue weighted by Gasteiger charge is -2.46. The summed E-state index contributed by atoms with van der Waals surface area (Å²) in [5.41, 5.74) is 3.30. The second kappa shape index (κ2) is 16.1. The van der Waals surface area contributed by atoms with Crippen LogP contribution in [0.25, 0.3) is 0 Å². The van der Waals surface area contributed by atoms with Crippen LogP contribution in [0.5, 0.6) is 11.6 Å². The molecule has 1 N–H and O–H groups in total. The average molecular weight is 764 g/mol. The van der Waals surface area contributed by atoms with E-state index in [-0.39, 0.29) is 40.2 Å². The van der Waals surface area contributed by atoms with Crippen LogP contribution in [0.3, 0.4) is 0 Å². The van der Waals surface area contributed by atoms with E-state index in [1.165, 1.54) is 29.1 Å². The number of aryl methyl sites for hydroxylation is 2. The number of aromatic nitrogens is 2. The van der Waals surface area contributed by atoms with Crippen LogP contribution in [0.1, 0.15) is 70.9 Å². The highest BCUT2D eigenvalue weighted by Gasteiger charge is 2.44. The van der Waals surface area contributed by atoms with Gasteiger partial charge in [-0.3, -0.25) is 19.0 Å². The number of methoxy groups -OCH3 is 2. The normalized spacial score (nSPS) is 22.8. The first-order valence-electron chi connectivity index (χ1n) is 18.2. The van der Waals surface area contributed by atoms with E-state index >= 15 is 0 Å². The number of nitrogens with zero attached hydrogens (tertiary/aromatic N) is 4. The van der Waals surface area contributed by atoms with Gasteiger partial charge in [0.05, 0.1) is 31.3 Å². The van der Waals surface area contributed by atoms with Crippen molar-refractivity contribution in [3.63, 3.8) is 0 Å². The van der Waals surface area contributed by atoms with Crippen molar-refractivity contribution in [2.24, 2.45) is 29.2 Å². The number of hydrogen-bond acceptors (Lipinski definition) is 8. The number of benzene rings is 2. The molecule has 1 aromatic heterocycles. The van der Waals surface area contributed by atoms with Crippen LogP contribution in [-0.4, -0.2) is 71.6 Å². The minimum atomic E-state index is -3.60. The predicted octanol–water partition coefficient (Wildman–Crippen LogP) is 6.95. The van der Waals surface area contributed by atoms with Crippen LogP contribution >= 0.6 is 11.6 Å². The Labute approximate surface area is 318 Å². The Morgan fingerprint density at radius 3 is 2.74 bits per heavy atom. The Balaban J connectivity index is 1.37. The largest absolute Gasteiger partial charge is 0.490 e. The summed E-state index contributed by atoms with van der Waals surface area (Å²) in [5.74, 6) is -0.250. The summed E-state index contributed by atoms with van der Waals surface area (Å²) in [4.78, 5) is 29.9. The monoisotopic (exact) mass is 763 g/mol. The highest BCUT2D eigenvalue weighted by atomic mass is 35.5. The van der Waals surface area contributed by atoms with Gasteiger partial charge in [0.2, 0.25) is 5.88 Å². The van der Waals surface area contributed by atoms with Crippen molar-refractivity contribution in [2.45, 2.75) is 57.0 Å². The second-order valence-electron chi connectivity index (χ2n) is 14.7. The topological polar surface area (TPSA) is 124 Å². The van der Waals surface area contributed by atoms with Crippen LogP contribution in [0.2, 0.25) is 5.02 Å². The maximum atomic E-state index is 14.5. The molecule has 3 aliphatic rings. The number of ether oxygens (including phenoxy) is 3. The van der Waals surface area contributed by atoms with Gasteiger partial charge in [-0.2, -0.15) is 0 Å². The highest BCUT2D eigenvalue weighted by Crippen LogP contribution is 2.47. The third-order valence-corrected chi connectivity index (χ3v) is 13.2. The van der Waals surface area contributed by atoms with Gasteiger partial charge in [-0.25, -0.2) is 4.21 Å². The fourth-order valence-electron chi connectivity index (χ4n) is 8.23. The average Bonchev–Trinajstić information content (AvgIpc) is 3.44. The van der Waals surface area contributed by atoms with Crippen molar-refractivity contribution in [1.82, 2.24) is 14.5 Å². The molecule has 2 aromatic carbocycles. The molecule has 0 radical (unpaired) electrons. The molecule has 11 nitrogen and oxygen atoms in total. The summed E-state index contributed by atoms with van der Waals surface area (Å²) >= 11 is 6.46. The molecule has 6 atom stereocenters. The van der Waals surface area contributed by atoms with Gasteiger partial charge in [0, 0.05) is 49.4 Å². The lowest BCUT2D eigenvalue weighted by Crippen LogP contribution is -2.49. The molecule has 1 spiro atoms. The fraction of sp³-hybridized carbons (Fsp3) is 0.475. The third-order valence-electron chi connectivity index (χ3n) is 10.9. The molecule has 1 saturated carbocycles. The van der Waals surface area contributed by atoms with E-state index in [4.69, 9.17) is 25.8 Å². The molecule has 2 amide bonds. The Kier molecular flexibility index (Phi) is 11.7. The van der Waals surface area contributed by atoms with E-state index in [1.807, 2.05) is 19.1 Å². The molecule has 6 rings (SSSR count). The molecule has 1 unspecified atom stereocenters. The van der Waals surface area contributed by atoms with Crippen molar-refractivity contribution in [3.8, 4) is 11.6 Å². The number of carbonyl (C=O) groups excluding carboxylic acids is 2. The maximum Gasteiger partial charge on any atom is 0.286 e. The number of allylic oxidation sites excluding steroid dienone is 1. The van der Waals surface area contributed by atoms with Gasteiger partial charge in [-0.15, -0.1) is 22.6 Å². The number of carbonyl (C=O) groups is 2. The van der Waals surface area contributed by atoms with Crippen LogP contribution in [0.15, 0.2) is 72.3 Å². The minimum Gasteiger partial charge on any atom is -0.490 e. The Hall–Kier alpha value is -4.13. The molecule has 284 valence electrons. The van der Waals surface area contributed by atoms with Gasteiger partial charge in [0.15, 0.2) is 0 Å². The van der Waals surface area contributed by atoms with Gasteiger partial charge in [-0.05, 0) is 97.7 Å². The van der Waals surface area contributed by atoms with E-state index in [0.29, 0.717) is 37.2 Å². The highest BCUT2D eigenvalue weighted by molar-refractivity contribution is 7.92. The summed E-state index contributed by atoms with van der Waals surface area (Å²) in [6.45, 7) is 11.6. The molecule has 53 heavy (non-hydrogen) atoms. The maximum absolute atomic E-state index is 14.5. The summed E-state index contributed by atoms with van der Waals surface area (Å²) < 4.78 is 40.4. The summed E-state index contributed by atoms with van der Waals surface area (Å²) in [6.07, 6.45) is 10.5. The molecule has 1 aliphatic heterocycles. The van der Waals surface area contributed by atoms with Gasteiger partial charge in [0.25, 0.3) is 11.8 Å². The standard InChI is InChI=1S/C40H50ClN5O6S/c1-7-10-26(3)23-53(49,44-38(48)32-22-45(4)42-39(32)51-6)43-37(47)28-13-17-36-34(20-28)46(21-29-12-15-31(29)35(8-2)50-5)24-40(25-52-36)18-9-11-27-19-30(41)14-16-33(27)40/h7-8,13-14,16-17,19-20,22,26,29,31,35H,1-2,9-12,15,18,21,23-25H2,3-6H3,(H,43,44,47,48,49)/t26-,29-,31+,35-,40-,53?/m0/s1. The molecule has 3 aromatic rings. The van der Waals surface area contributed by atoms with Gasteiger partial charge in [0.1, 0.15) is 21.2 Å². The lowest BCUT2D eigenvalue weighted by molar-refractivity contribution is 0.0135. The van der Waals surface area contributed by atoms with E-state index in [2.05, 4.69) is 44.4 Å². The van der Waals surface area contributed by atoms with Crippen molar-refractivity contribution in [2.75, 3.05) is 44.6 Å². The molecule has 2 aliphatic carbocycles. The van der Waals surface area contributed by atoms with Crippen molar-refractivity contribution >= 4 is 39.0 Å².